The summed E-state index contributed by atoms with van der Waals surface area (Å²) in [7, 11) is 1.64. The number of piperidine rings is 1. The zero-order chi connectivity index (χ0) is 27.2. The van der Waals surface area contributed by atoms with Crippen molar-refractivity contribution in [2.75, 3.05) is 20.2 Å². The molecule has 1 aliphatic heterocycles. The van der Waals surface area contributed by atoms with Gasteiger partial charge in [0.1, 0.15) is 23.1 Å². The molecule has 7 heteroatoms. The molecule has 4 rings (SSSR count). The van der Waals surface area contributed by atoms with Gasteiger partial charge in [0, 0.05) is 18.0 Å². The second-order valence-electron chi connectivity index (χ2n) is 10.5. The van der Waals surface area contributed by atoms with Crippen LogP contribution in [-0.2, 0) is 33.0 Å². The number of halogens is 1. The Kier molecular flexibility index (Phi) is 8.98. The number of benzene rings is 3. The maximum absolute atomic E-state index is 13.1. The summed E-state index contributed by atoms with van der Waals surface area (Å²) in [6.07, 6.45) is -0.285. The number of nitrogens with zero attached hydrogens (tertiary/aromatic N) is 1. The van der Waals surface area contributed by atoms with Gasteiger partial charge >= 0.3 is 6.09 Å². The lowest BCUT2D eigenvalue weighted by molar-refractivity contribution is -0.191. The molecule has 0 N–H and O–H groups in total. The van der Waals surface area contributed by atoms with Crippen LogP contribution in [0.3, 0.4) is 0 Å². The first-order valence-electron chi connectivity index (χ1n) is 12.8. The number of hydrogen-bond acceptors (Lipinski definition) is 5. The van der Waals surface area contributed by atoms with E-state index >= 15 is 0 Å². The standard InChI is InChI=1S/C31H36ClNO5/c1-30(2,3)38-29(34)33-19-18-31(25-12-14-26(32)15-13-25,37-22-23-8-6-5-7-9-23)28(20-33)36-21-24-10-16-27(35-4)17-11-24/h5-17,28H,18-22H2,1-4H3. The van der Waals surface area contributed by atoms with Gasteiger partial charge in [0.2, 0.25) is 0 Å². The number of methoxy groups -OCH3 is 1. The van der Waals surface area contributed by atoms with Crippen molar-refractivity contribution in [2.45, 2.75) is 57.7 Å². The Bertz CT molecular complexity index is 1180. The Morgan fingerprint density at radius 2 is 1.61 bits per heavy atom. The quantitative estimate of drug-likeness (QED) is 0.310. The van der Waals surface area contributed by atoms with Gasteiger partial charge in [-0.3, -0.25) is 0 Å². The zero-order valence-corrected chi connectivity index (χ0v) is 23.2. The van der Waals surface area contributed by atoms with Crippen molar-refractivity contribution in [3.63, 3.8) is 0 Å². The van der Waals surface area contributed by atoms with Crippen LogP contribution in [0.15, 0.2) is 78.9 Å². The third kappa shape index (κ3) is 7.07. The molecule has 1 saturated heterocycles. The van der Waals surface area contributed by atoms with Crippen LogP contribution >= 0.6 is 11.6 Å². The maximum atomic E-state index is 13.1. The normalized spacial score (nSPS) is 19.7. The van der Waals surface area contributed by atoms with E-state index in [-0.39, 0.29) is 6.09 Å². The van der Waals surface area contributed by atoms with E-state index in [1.807, 2.05) is 99.6 Å². The molecule has 0 spiro atoms. The highest BCUT2D eigenvalue weighted by atomic mass is 35.5. The van der Waals surface area contributed by atoms with E-state index in [1.54, 1.807) is 12.0 Å². The van der Waals surface area contributed by atoms with Crippen molar-refractivity contribution >= 4 is 17.7 Å². The Morgan fingerprint density at radius 1 is 0.947 bits per heavy atom. The molecule has 0 saturated carbocycles. The minimum Gasteiger partial charge on any atom is -0.497 e. The van der Waals surface area contributed by atoms with Crippen LogP contribution in [0.4, 0.5) is 4.79 Å². The third-order valence-electron chi connectivity index (χ3n) is 6.59. The fraction of sp³-hybridized carbons (Fsp3) is 0.387. The molecule has 0 aliphatic carbocycles. The van der Waals surface area contributed by atoms with Gasteiger partial charge in [0.05, 0.1) is 26.9 Å². The van der Waals surface area contributed by atoms with E-state index in [0.29, 0.717) is 37.7 Å². The average Bonchev–Trinajstić information content (AvgIpc) is 2.91. The predicted molar refractivity (Wildman–Crippen MR) is 148 cm³/mol. The van der Waals surface area contributed by atoms with Gasteiger partial charge in [-0.1, -0.05) is 66.2 Å². The smallest absolute Gasteiger partial charge is 0.410 e. The van der Waals surface area contributed by atoms with Crippen molar-refractivity contribution in [2.24, 2.45) is 0 Å². The zero-order valence-electron chi connectivity index (χ0n) is 22.5. The topological polar surface area (TPSA) is 57.2 Å². The molecule has 2 unspecified atom stereocenters. The van der Waals surface area contributed by atoms with Gasteiger partial charge < -0.3 is 23.8 Å². The van der Waals surface area contributed by atoms with Crippen molar-refractivity contribution in [1.29, 1.82) is 0 Å². The second-order valence-corrected chi connectivity index (χ2v) is 10.9. The highest BCUT2D eigenvalue weighted by molar-refractivity contribution is 6.30. The first-order valence-corrected chi connectivity index (χ1v) is 13.2. The van der Waals surface area contributed by atoms with Crippen molar-refractivity contribution in [3.8, 4) is 5.75 Å². The summed E-state index contributed by atoms with van der Waals surface area (Å²) in [5.41, 5.74) is 1.62. The van der Waals surface area contributed by atoms with Gasteiger partial charge in [0.25, 0.3) is 0 Å². The summed E-state index contributed by atoms with van der Waals surface area (Å²) < 4.78 is 24.4. The molecular formula is C31H36ClNO5. The molecule has 1 fully saturated rings. The molecule has 3 aromatic carbocycles. The molecule has 202 valence electrons. The number of ether oxygens (including phenoxy) is 4. The maximum Gasteiger partial charge on any atom is 0.410 e. The number of carbonyl (C=O) groups is 1. The lowest BCUT2D eigenvalue weighted by Gasteiger charge is -2.47. The van der Waals surface area contributed by atoms with E-state index in [9.17, 15) is 4.79 Å². The highest BCUT2D eigenvalue weighted by Gasteiger charge is 2.48. The molecule has 3 aromatic rings. The molecule has 6 nitrogen and oxygen atoms in total. The number of amides is 1. The monoisotopic (exact) mass is 537 g/mol. The number of likely N-dealkylation sites (tertiary alicyclic amines) is 1. The van der Waals surface area contributed by atoms with Crippen LogP contribution in [0, 0.1) is 0 Å². The summed E-state index contributed by atoms with van der Waals surface area (Å²) in [4.78, 5) is 14.8. The second kappa shape index (κ2) is 12.2. The van der Waals surface area contributed by atoms with E-state index in [1.165, 1.54) is 0 Å². The first-order chi connectivity index (χ1) is 18.2. The summed E-state index contributed by atoms with van der Waals surface area (Å²) in [6, 6.07) is 25.5. The average molecular weight is 538 g/mol. The molecule has 0 bridgehead atoms. The van der Waals surface area contributed by atoms with Gasteiger partial charge in [-0.05, 0) is 61.7 Å². The Balaban J connectivity index is 1.66. The van der Waals surface area contributed by atoms with Crippen molar-refractivity contribution in [3.05, 3.63) is 101 Å². The largest absolute Gasteiger partial charge is 0.497 e. The number of rotatable bonds is 8. The lowest BCUT2D eigenvalue weighted by Crippen LogP contribution is -2.57. The SMILES string of the molecule is COc1ccc(COC2CN(C(=O)OC(C)(C)C)CCC2(OCc2ccccc2)c2ccc(Cl)cc2)cc1. The molecule has 1 heterocycles. The van der Waals surface area contributed by atoms with Crippen molar-refractivity contribution in [1.82, 2.24) is 4.90 Å². The highest BCUT2D eigenvalue weighted by Crippen LogP contribution is 2.41. The van der Waals surface area contributed by atoms with Crippen LogP contribution in [0.2, 0.25) is 5.02 Å². The lowest BCUT2D eigenvalue weighted by atomic mass is 9.81. The van der Waals surface area contributed by atoms with E-state index in [2.05, 4.69) is 0 Å². The summed E-state index contributed by atoms with van der Waals surface area (Å²) in [5.74, 6) is 0.782. The third-order valence-corrected chi connectivity index (χ3v) is 6.85. The van der Waals surface area contributed by atoms with E-state index in [4.69, 9.17) is 30.5 Å². The Labute approximate surface area is 230 Å². The van der Waals surface area contributed by atoms with Gasteiger partial charge in [-0.25, -0.2) is 4.79 Å². The molecule has 0 aromatic heterocycles. The molecule has 1 aliphatic rings. The van der Waals surface area contributed by atoms with Crippen molar-refractivity contribution < 1.29 is 23.7 Å². The van der Waals surface area contributed by atoms with E-state index < -0.39 is 17.3 Å². The Hall–Kier alpha value is -3.06. The van der Waals surface area contributed by atoms with Crippen LogP contribution < -0.4 is 4.74 Å². The minimum atomic E-state index is -0.800. The summed E-state index contributed by atoms with van der Waals surface area (Å²) in [6.45, 7) is 7.14. The fourth-order valence-corrected chi connectivity index (χ4v) is 4.72. The summed E-state index contributed by atoms with van der Waals surface area (Å²) in [5, 5.41) is 0.647. The van der Waals surface area contributed by atoms with Crippen LogP contribution in [0.5, 0.6) is 5.75 Å². The molecule has 2 atom stereocenters. The van der Waals surface area contributed by atoms with Crippen LogP contribution in [0.1, 0.15) is 43.9 Å². The fourth-order valence-electron chi connectivity index (χ4n) is 4.60. The minimum absolute atomic E-state index is 0.322. The van der Waals surface area contributed by atoms with Crippen LogP contribution in [0.25, 0.3) is 0 Å². The summed E-state index contributed by atoms with van der Waals surface area (Å²) >= 11 is 6.25. The van der Waals surface area contributed by atoms with Crippen LogP contribution in [-0.4, -0.2) is 42.9 Å². The first kappa shape index (κ1) is 28.0. The van der Waals surface area contributed by atoms with E-state index in [0.717, 1.165) is 22.4 Å². The van der Waals surface area contributed by atoms with Gasteiger partial charge in [-0.15, -0.1) is 0 Å². The Morgan fingerprint density at radius 3 is 2.24 bits per heavy atom. The number of carbonyl (C=O) groups excluding carboxylic acids is 1. The van der Waals surface area contributed by atoms with Gasteiger partial charge in [0.15, 0.2) is 0 Å². The molecule has 1 amide bonds. The predicted octanol–water partition coefficient (Wildman–Crippen LogP) is 6.99. The molecule has 0 radical (unpaired) electrons. The molecular weight excluding hydrogens is 502 g/mol. The van der Waals surface area contributed by atoms with Gasteiger partial charge in [-0.2, -0.15) is 0 Å². The number of hydrogen-bond donors (Lipinski definition) is 0. The molecule has 38 heavy (non-hydrogen) atoms.